The molecule has 1 amide bonds. The minimum atomic E-state index is -0.243. The van der Waals surface area contributed by atoms with E-state index in [1.807, 2.05) is 24.3 Å². The molecular formula is C23H24BrN3O3. The van der Waals surface area contributed by atoms with Gasteiger partial charge in [0.1, 0.15) is 0 Å². The third-order valence-corrected chi connectivity index (χ3v) is 5.80. The minimum Gasteiger partial charge on any atom is -0.379 e. The third kappa shape index (κ3) is 4.98. The normalized spacial score (nSPS) is 15.7. The first-order chi connectivity index (χ1) is 14.6. The summed E-state index contributed by atoms with van der Waals surface area (Å²) in [4.78, 5) is 15.1. The Morgan fingerprint density at radius 2 is 1.83 bits per heavy atom. The van der Waals surface area contributed by atoms with E-state index in [0.717, 1.165) is 23.1 Å². The fourth-order valence-corrected chi connectivity index (χ4v) is 3.81. The number of morpholine rings is 1. The summed E-state index contributed by atoms with van der Waals surface area (Å²) in [6, 6.07) is 17.9. The number of carbonyl (C=O) groups is 1. The molecule has 1 saturated heterocycles. The van der Waals surface area contributed by atoms with E-state index < -0.39 is 0 Å². The molecule has 0 aliphatic carbocycles. The maximum absolute atomic E-state index is 12.7. The molecule has 0 radical (unpaired) electrons. The van der Waals surface area contributed by atoms with Crippen LogP contribution in [0.1, 0.15) is 27.7 Å². The minimum absolute atomic E-state index is 0.0799. The molecule has 1 aliphatic rings. The summed E-state index contributed by atoms with van der Waals surface area (Å²) in [6.45, 7) is 5.65. The van der Waals surface area contributed by atoms with Gasteiger partial charge in [0, 0.05) is 35.7 Å². The van der Waals surface area contributed by atoms with Crippen molar-refractivity contribution in [3.63, 3.8) is 0 Å². The van der Waals surface area contributed by atoms with E-state index >= 15 is 0 Å². The van der Waals surface area contributed by atoms with Gasteiger partial charge in [0.05, 0.1) is 19.3 Å². The van der Waals surface area contributed by atoms with E-state index in [2.05, 4.69) is 62.5 Å². The lowest BCUT2D eigenvalue weighted by Gasteiger charge is -2.35. The van der Waals surface area contributed by atoms with Crippen LogP contribution in [0.2, 0.25) is 0 Å². The van der Waals surface area contributed by atoms with E-state index in [1.165, 1.54) is 11.1 Å². The average molecular weight is 470 g/mol. The predicted molar refractivity (Wildman–Crippen MR) is 118 cm³/mol. The van der Waals surface area contributed by atoms with Gasteiger partial charge in [-0.05, 0) is 24.6 Å². The molecule has 0 spiro atoms. The predicted octanol–water partition coefficient (Wildman–Crippen LogP) is 4.22. The number of nitrogens with one attached hydrogen (secondary N) is 1. The lowest BCUT2D eigenvalue weighted by atomic mass is 10.0. The van der Waals surface area contributed by atoms with Crippen LogP contribution in [0.5, 0.6) is 0 Å². The van der Waals surface area contributed by atoms with Crippen LogP contribution in [-0.2, 0) is 4.74 Å². The van der Waals surface area contributed by atoms with Gasteiger partial charge in [-0.2, -0.15) is 0 Å². The van der Waals surface area contributed by atoms with Crippen LogP contribution >= 0.6 is 15.9 Å². The quantitative estimate of drug-likeness (QED) is 0.585. The average Bonchev–Trinajstić information content (AvgIpc) is 3.27. The van der Waals surface area contributed by atoms with Crippen molar-refractivity contribution in [3.8, 4) is 11.3 Å². The largest absolute Gasteiger partial charge is 0.379 e. The second-order valence-electron chi connectivity index (χ2n) is 7.37. The third-order valence-electron chi connectivity index (χ3n) is 5.28. The van der Waals surface area contributed by atoms with Crippen molar-refractivity contribution in [1.29, 1.82) is 0 Å². The van der Waals surface area contributed by atoms with E-state index in [0.29, 0.717) is 25.5 Å². The molecule has 1 unspecified atom stereocenters. The molecular weight excluding hydrogens is 446 g/mol. The van der Waals surface area contributed by atoms with Crippen molar-refractivity contribution in [2.75, 3.05) is 32.8 Å². The van der Waals surface area contributed by atoms with E-state index in [-0.39, 0.29) is 17.6 Å². The zero-order valence-corrected chi connectivity index (χ0v) is 18.4. The molecule has 1 aliphatic heterocycles. The Morgan fingerprint density at radius 3 is 2.53 bits per heavy atom. The number of aromatic nitrogens is 1. The Bertz CT molecular complexity index is 980. The van der Waals surface area contributed by atoms with Crippen LogP contribution in [0.15, 0.2) is 63.6 Å². The number of hydrogen-bond acceptors (Lipinski definition) is 5. The van der Waals surface area contributed by atoms with Crippen LogP contribution in [0.3, 0.4) is 0 Å². The molecule has 1 aromatic heterocycles. The topological polar surface area (TPSA) is 67.6 Å². The van der Waals surface area contributed by atoms with Gasteiger partial charge in [-0.1, -0.05) is 63.0 Å². The number of ether oxygens (including phenoxy) is 1. The second-order valence-corrected chi connectivity index (χ2v) is 8.28. The van der Waals surface area contributed by atoms with Gasteiger partial charge < -0.3 is 14.6 Å². The lowest BCUT2D eigenvalue weighted by Crippen LogP contribution is -2.43. The molecule has 0 saturated carbocycles. The Balaban J connectivity index is 1.45. The molecule has 1 N–H and O–H groups in total. The molecule has 1 fully saturated rings. The number of nitrogens with zero attached hydrogens (tertiary/aromatic N) is 2. The monoisotopic (exact) mass is 469 g/mol. The van der Waals surface area contributed by atoms with E-state index in [9.17, 15) is 4.79 Å². The standard InChI is InChI=1S/C23H24BrN3O3/c1-16-2-4-17(5-3-16)21(27-10-12-29-13-11-27)15-25-23(28)20-14-22(30-26-20)18-6-8-19(24)9-7-18/h2-9,14,21H,10-13,15H2,1H3,(H,25,28). The Hall–Kier alpha value is -2.48. The van der Waals surface area contributed by atoms with Gasteiger partial charge in [0.2, 0.25) is 0 Å². The Morgan fingerprint density at radius 1 is 1.13 bits per heavy atom. The lowest BCUT2D eigenvalue weighted by molar-refractivity contribution is 0.0162. The fourth-order valence-electron chi connectivity index (χ4n) is 3.55. The first-order valence-corrected chi connectivity index (χ1v) is 10.8. The number of rotatable bonds is 6. The van der Waals surface area contributed by atoms with Crippen molar-refractivity contribution in [1.82, 2.24) is 15.4 Å². The van der Waals surface area contributed by atoms with Crippen LogP contribution in [0.4, 0.5) is 0 Å². The smallest absolute Gasteiger partial charge is 0.273 e. The number of halogens is 1. The van der Waals surface area contributed by atoms with Crippen molar-refractivity contribution in [2.45, 2.75) is 13.0 Å². The van der Waals surface area contributed by atoms with Crippen LogP contribution in [0.25, 0.3) is 11.3 Å². The van der Waals surface area contributed by atoms with Gasteiger partial charge >= 0.3 is 0 Å². The van der Waals surface area contributed by atoms with Gasteiger partial charge in [0.15, 0.2) is 11.5 Å². The van der Waals surface area contributed by atoms with Gasteiger partial charge in [-0.25, -0.2) is 0 Å². The summed E-state index contributed by atoms with van der Waals surface area (Å²) >= 11 is 3.41. The molecule has 2 aromatic carbocycles. The highest BCUT2D eigenvalue weighted by Crippen LogP contribution is 2.24. The number of aryl methyl sites for hydroxylation is 1. The summed E-state index contributed by atoms with van der Waals surface area (Å²) in [5, 5.41) is 6.99. The number of benzene rings is 2. The summed E-state index contributed by atoms with van der Waals surface area (Å²) in [6.07, 6.45) is 0. The van der Waals surface area contributed by atoms with Gasteiger partial charge in [-0.15, -0.1) is 0 Å². The maximum Gasteiger partial charge on any atom is 0.273 e. The van der Waals surface area contributed by atoms with Crippen LogP contribution in [0, 0.1) is 6.92 Å². The maximum atomic E-state index is 12.7. The molecule has 1 atom stereocenters. The molecule has 4 rings (SSSR count). The Kier molecular flexibility index (Phi) is 6.62. The van der Waals surface area contributed by atoms with E-state index in [4.69, 9.17) is 9.26 Å². The summed E-state index contributed by atoms with van der Waals surface area (Å²) in [5.41, 5.74) is 3.54. The first-order valence-electron chi connectivity index (χ1n) is 9.99. The zero-order chi connectivity index (χ0) is 20.9. The molecule has 3 aromatic rings. The van der Waals surface area contributed by atoms with Gasteiger partial charge in [0.25, 0.3) is 5.91 Å². The SMILES string of the molecule is Cc1ccc(C(CNC(=O)c2cc(-c3ccc(Br)cc3)on2)N2CCOCC2)cc1. The molecule has 156 valence electrons. The van der Waals surface area contributed by atoms with Crippen LogP contribution < -0.4 is 5.32 Å². The second kappa shape index (κ2) is 9.55. The molecule has 2 heterocycles. The summed E-state index contributed by atoms with van der Waals surface area (Å²) < 4.78 is 11.9. The van der Waals surface area contributed by atoms with Crippen molar-refractivity contribution in [3.05, 3.63) is 75.9 Å². The van der Waals surface area contributed by atoms with Crippen molar-refractivity contribution < 1.29 is 14.1 Å². The number of carbonyl (C=O) groups excluding carboxylic acids is 1. The highest BCUT2D eigenvalue weighted by atomic mass is 79.9. The molecule has 0 bridgehead atoms. The molecule has 30 heavy (non-hydrogen) atoms. The fraction of sp³-hybridized carbons (Fsp3) is 0.304. The first kappa shape index (κ1) is 20.8. The van der Waals surface area contributed by atoms with Crippen molar-refractivity contribution >= 4 is 21.8 Å². The molecule has 6 nitrogen and oxygen atoms in total. The number of hydrogen-bond donors (Lipinski definition) is 1. The highest BCUT2D eigenvalue weighted by molar-refractivity contribution is 9.10. The summed E-state index contributed by atoms with van der Waals surface area (Å²) in [7, 11) is 0. The zero-order valence-electron chi connectivity index (χ0n) is 16.8. The molecule has 7 heteroatoms. The number of amides is 1. The Labute approximate surface area is 184 Å². The van der Waals surface area contributed by atoms with Crippen LogP contribution in [-0.4, -0.2) is 48.8 Å². The van der Waals surface area contributed by atoms with Gasteiger partial charge in [-0.3, -0.25) is 9.69 Å². The highest BCUT2D eigenvalue weighted by Gasteiger charge is 2.24. The summed E-state index contributed by atoms with van der Waals surface area (Å²) in [5.74, 6) is 0.323. The van der Waals surface area contributed by atoms with Crippen molar-refractivity contribution in [2.24, 2.45) is 0 Å². The van der Waals surface area contributed by atoms with E-state index in [1.54, 1.807) is 6.07 Å².